The second kappa shape index (κ2) is 6.46. The molecule has 0 aromatic carbocycles. The molecule has 0 aliphatic heterocycles. The first-order chi connectivity index (χ1) is 7.70. The van der Waals surface area contributed by atoms with Gasteiger partial charge in [-0.15, -0.1) is 0 Å². The number of nitrogens with zero attached hydrogens (tertiary/aromatic N) is 1. The first kappa shape index (κ1) is 12.9. The number of carbonyl (C=O) groups excluding carboxylic acids is 1. The number of rotatable bonds is 4. The average Bonchev–Trinajstić information content (AvgIpc) is 2.27. The molecule has 0 spiro atoms. The third-order valence-corrected chi connectivity index (χ3v) is 2.81. The van der Waals surface area contributed by atoms with E-state index >= 15 is 0 Å². The standard InChI is InChI=1S/C13H21NO2/c1-4-14-12(13(15)16-5-2)11-9-7-6-8-10(11)3/h4-9H2,1-3H3/b14-12+. The summed E-state index contributed by atoms with van der Waals surface area (Å²) in [5, 5.41) is 0. The molecule has 0 saturated carbocycles. The first-order valence-corrected chi connectivity index (χ1v) is 6.11. The van der Waals surface area contributed by atoms with Gasteiger partial charge in [-0.25, -0.2) is 4.79 Å². The molecule has 1 rings (SSSR count). The summed E-state index contributed by atoms with van der Waals surface area (Å²) in [6, 6.07) is 0. The van der Waals surface area contributed by atoms with Gasteiger partial charge in [0, 0.05) is 6.54 Å². The Morgan fingerprint density at radius 1 is 1.31 bits per heavy atom. The van der Waals surface area contributed by atoms with E-state index in [1.807, 2.05) is 13.8 Å². The molecule has 16 heavy (non-hydrogen) atoms. The summed E-state index contributed by atoms with van der Waals surface area (Å²) < 4.78 is 5.05. The van der Waals surface area contributed by atoms with Crippen LogP contribution < -0.4 is 0 Å². The summed E-state index contributed by atoms with van der Waals surface area (Å²) in [5.41, 5.74) is 2.97. The zero-order valence-electron chi connectivity index (χ0n) is 10.5. The van der Waals surface area contributed by atoms with Gasteiger partial charge in [0.1, 0.15) is 5.71 Å². The predicted octanol–water partition coefficient (Wildman–Crippen LogP) is 2.90. The van der Waals surface area contributed by atoms with Crippen molar-refractivity contribution in [3.63, 3.8) is 0 Å². The monoisotopic (exact) mass is 223 g/mol. The maximum atomic E-state index is 11.8. The van der Waals surface area contributed by atoms with Crippen molar-refractivity contribution in [1.82, 2.24) is 0 Å². The fourth-order valence-electron chi connectivity index (χ4n) is 2.02. The van der Waals surface area contributed by atoms with E-state index < -0.39 is 0 Å². The zero-order chi connectivity index (χ0) is 12.0. The minimum absolute atomic E-state index is 0.263. The highest BCUT2D eigenvalue weighted by Crippen LogP contribution is 2.25. The number of aliphatic imine (C=N–C) groups is 1. The van der Waals surface area contributed by atoms with Gasteiger partial charge in [-0.3, -0.25) is 4.99 Å². The van der Waals surface area contributed by atoms with Crippen molar-refractivity contribution in [3.8, 4) is 0 Å². The summed E-state index contributed by atoms with van der Waals surface area (Å²) in [4.78, 5) is 16.1. The quantitative estimate of drug-likeness (QED) is 0.543. The smallest absolute Gasteiger partial charge is 0.356 e. The fraction of sp³-hybridized carbons (Fsp3) is 0.692. The van der Waals surface area contributed by atoms with Crippen molar-refractivity contribution in [3.05, 3.63) is 11.1 Å². The third kappa shape index (κ3) is 3.19. The second-order valence-electron chi connectivity index (χ2n) is 4.01. The molecule has 0 radical (unpaired) electrons. The molecule has 3 heteroatoms. The van der Waals surface area contributed by atoms with Crippen LogP contribution in [0, 0.1) is 0 Å². The van der Waals surface area contributed by atoms with Crippen molar-refractivity contribution in [2.75, 3.05) is 13.2 Å². The lowest BCUT2D eigenvalue weighted by molar-refractivity contribution is -0.135. The van der Waals surface area contributed by atoms with Crippen molar-refractivity contribution in [1.29, 1.82) is 0 Å². The van der Waals surface area contributed by atoms with Gasteiger partial charge in [-0.05, 0) is 52.0 Å². The van der Waals surface area contributed by atoms with Gasteiger partial charge in [-0.1, -0.05) is 5.57 Å². The lowest BCUT2D eigenvalue weighted by atomic mass is 9.89. The third-order valence-electron chi connectivity index (χ3n) is 2.81. The normalized spacial score (nSPS) is 17.6. The van der Waals surface area contributed by atoms with Gasteiger partial charge in [0.2, 0.25) is 0 Å². The minimum atomic E-state index is -0.263. The molecule has 0 aromatic rings. The van der Waals surface area contributed by atoms with E-state index in [9.17, 15) is 4.79 Å². The second-order valence-corrected chi connectivity index (χ2v) is 4.01. The maximum absolute atomic E-state index is 11.8. The molecule has 0 fully saturated rings. The van der Waals surface area contributed by atoms with Crippen molar-refractivity contribution >= 4 is 11.7 Å². The molecule has 90 valence electrons. The van der Waals surface area contributed by atoms with Crippen molar-refractivity contribution in [2.24, 2.45) is 4.99 Å². The van der Waals surface area contributed by atoms with Crippen LogP contribution in [-0.4, -0.2) is 24.8 Å². The van der Waals surface area contributed by atoms with E-state index in [-0.39, 0.29) is 5.97 Å². The Kier molecular flexibility index (Phi) is 5.23. The van der Waals surface area contributed by atoms with Crippen LogP contribution in [0.15, 0.2) is 16.1 Å². The first-order valence-electron chi connectivity index (χ1n) is 6.11. The molecule has 0 N–H and O–H groups in total. The zero-order valence-corrected chi connectivity index (χ0v) is 10.5. The van der Waals surface area contributed by atoms with Crippen LogP contribution in [0.3, 0.4) is 0 Å². The highest BCUT2D eigenvalue weighted by Gasteiger charge is 2.21. The van der Waals surface area contributed by atoms with Crippen LogP contribution in [0.5, 0.6) is 0 Å². The van der Waals surface area contributed by atoms with E-state index in [0.29, 0.717) is 18.9 Å². The number of hydrogen-bond acceptors (Lipinski definition) is 3. The van der Waals surface area contributed by atoms with Gasteiger partial charge < -0.3 is 4.74 Å². The summed E-state index contributed by atoms with van der Waals surface area (Å²) in [6.45, 7) is 6.90. The minimum Gasteiger partial charge on any atom is -0.461 e. The Hall–Kier alpha value is -1.12. The van der Waals surface area contributed by atoms with Gasteiger partial charge in [0.15, 0.2) is 0 Å². The average molecular weight is 223 g/mol. The van der Waals surface area contributed by atoms with E-state index in [0.717, 1.165) is 24.8 Å². The molecule has 0 heterocycles. The van der Waals surface area contributed by atoms with Crippen molar-refractivity contribution < 1.29 is 9.53 Å². The molecular weight excluding hydrogens is 202 g/mol. The summed E-state index contributed by atoms with van der Waals surface area (Å²) in [6.07, 6.45) is 4.41. The van der Waals surface area contributed by atoms with E-state index in [4.69, 9.17) is 4.74 Å². The van der Waals surface area contributed by atoms with Gasteiger partial charge in [-0.2, -0.15) is 0 Å². The Bertz CT molecular complexity index is 316. The number of hydrogen-bond donors (Lipinski definition) is 0. The Labute approximate surface area is 97.6 Å². The lowest BCUT2D eigenvalue weighted by Gasteiger charge is -2.18. The number of ether oxygens (including phenoxy) is 1. The SMILES string of the molecule is CC/N=C(/C(=O)OCC)C1=C(C)CCCC1. The van der Waals surface area contributed by atoms with Gasteiger partial charge in [0.25, 0.3) is 0 Å². The van der Waals surface area contributed by atoms with E-state index in [1.54, 1.807) is 0 Å². The summed E-state index contributed by atoms with van der Waals surface area (Å²) in [5.74, 6) is -0.263. The largest absolute Gasteiger partial charge is 0.461 e. The fourth-order valence-corrected chi connectivity index (χ4v) is 2.02. The van der Waals surface area contributed by atoms with Crippen LogP contribution in [0.25, 0.3) is 0 Å². The molecule has 0 bridgehead atoms. The summed E-state index contributed by atoms with van der Waals surface area (Å²) in [7, 11) is 0. The Morgan fingerprint density at radius 2 is 2.00 bits per heavy atom. The molecular formula is C13H21NO2. The van der Waals surface area contributed by atoms with Crippen LogP contribution in [0.2, 0.25) is 0 Å². The van der Waals surface area contributed by atoms with Crippen molar-refractivity contribution in [2.45, 2.75) is 46.5 Å². The van der Waals surface area contributed by atoms with Gasteiger partial charge in [0.05, 0.1) is 6.61 Å². The molecule has 0 saturated heterocycles. The number of allylic oxidation sites excluding steroid dienone is 1. The number of carbonyl (C=O) groups is 1. The maximum Gasteiger partial charge on any atom is 0.356 e. The molecule has 0 atom stereocenters. The topological polar surface area (TPSA) is 38.7 Å². The number of esters is 1. The van der Waals surface area contributed by atoms with Crippen LogP contribution in [-0.2, 0) is 9.53 Å². The van der Waals surface area contributed by atoms with E-state index in [2.05, 4.69) is 11.9 Å². The molecule has 0 aromatic heterocycles. The molecule has 1 aliphatic rings. The summed E-state index contributed by atoms with van der Waals surface area (Å²) >= 11 is 0. The Balaban J connectivity index is 2.93. The van der Waals surface area contributed by atoms with Crippen LogP contribution in [0.4, 0.5) is 0 Å². The molecule has 1 aliphatic carbocycles. The molecule has 0 unspecified atom stereocenters. The Morgan fingerprint density at radius 3 is 2.56 bits per heavy atom. The van der Waals surface area contributed by atoms with Crippen LogP contribution in [0.1, 0.15) is 46.5 Å². The molecule has 0 amide bonds. The van der Waals surface area contributed by atoms with Crippen LogP contribution >= 0.6 is 0 Å². The van der Waals surface area contributed by atoms with E-state index in [1.165, 1.54) is 12.0 Å². The molecule has 3 nitrogen and oxygen atoms in total. The lowest BCUT2D eigenvalue weighted by Crippen LogP contribution is -2.22. The van der Waals surface area contributed by atoms with Gasteiger partial charge >= 0.3 is 5.97 Å². The predicted molar refractivity (Wildman–Crippen MR) is 65.8 cm³/mol. The highest BCUT2D eigenvalue weighted by atomic mass is 16.5. The highest BCUT2D eigenvalue weighted by molar-refractivity contribution is 6.43.